The number of hydrogen-bond acceptors (Lipinski definition) is 9. The first-order valence-corrected chi connectivity index (χ1v) is 10.0. The van der Waals surface area contributed by atoms with Gasteiger partial charge < -0.3 is 24.7 Å². The van der Waals surface area contributed by atoms with Crippen molar-refractivity contribution in [1.82, 2.24) is 19.5 Å². The molecule has 4 atom stereocenters. The molecule has 3 rings (SSSR count). The van der Waals surface area contributed by atoms with Gasteiger partial charge in [-0.3, -0.25) is 18.9 Å². The number of hydrogen-bond donors (Lipinski definition) is 5. The number of thioether (sulfide) groups is 1. The zero-order valence-electron chi connectivity index (χ0n) is 15.4. The Kier molecular flexibility index (Phi) is 10.3. The topological polar surface area (TPSA) is 180 Å². The van der Waals surface area contributed by atoms with E-state index in [1.807, 2.05) is 6.92 Å². The summed E-state index contributed by atoms with van der Waals surface area (Å²) in [5.74, 6) is 0.672. The summed E-state index contributed by atoms with van der Waals surface area (Å²) < 4.78 is 21.9. The molecule has 1 fully saturated rings. The van der Waals surface area contributed by atoms with Crippen LogP contribution in [0, 0.1) is 0 Å². The van der Waals surface area contributed by atoms with Crippen molar-refractivity contribution in [3.8, 4) is 0 Å². The predicted octanol–water partition coefficient (Wildman–Crippen LogP) is -1.80. The smallest absolute Gasteiger partial charge is 0.387 e. The number of phosphoric ester groups is 1. The number of fused-ring (bicyclic) bond motifs is 1. The molecule has 0 saturated carbocycles. The monoisotopic (exact) mass is 454 g/mol. The molecule has 16 heteroatoms. The van der Waals surface area contributed by atoms with Crippen molar-refractivity contribution in [2.45, 2.75) is 36.6 Å². The minimum atomic E-state index is -4.76. The number of H-pyrrole nitrogens is 1. The molecule has 2 aromatic rings. The van der Waals surface area contributed by atoms with Gasteiger partial charge in [0.25, 0.3) is 5.56 Å². The summed E-state index contributed by atoms with van der Waals surface area (Å²) in [5, 5.41) is 20.7. The van der Waals surface area contributed by atoms with Crippen LogP contribution in [0.4, 0.5) is 0 Å². The Morgan fingerprint density at radius 2 is 2.04 bits per heavy atom. The van der Waals surface area contributed by atoms with Gasteiger partial charge in [-0.05, 0) is 5.75 Å². The van der Waals surface area contributed by atoms with Gasteiger partial charge in [0.15, 0.2) is 22.5 Å². The van der Waals surface area contributed by atoms with Gasteiger partial charge in [0, 0.05) is 59.1 Å². The SMILES string of the molecule is CCSc1nc2c(ncn2[C@@H]2O[C@H](COP(=O)(O)O)[C@@H](O)[C@H]2O)c(=O)[nH]1.[Na].[Na]. The van der Waals surface area contributed by atoms with E-state index < -0.39 is 44.5 Å². The van der Waals surface area contributed by atoms with Crippen molar-refractivity contribution in [1.29, 1.82) is 0 Å². The molecule has 0 spiro atoms. The largest absolute Gasteiger partial charge is 0.469 e. The maximum atomic E-state index is 12.1. The molecule has 0 unspecified atom stereocenters. The van der Waals surface area contributed by atoms with Crippen molar-refractivity contribution in [2.24, 2.45) is 0 Å². The number of phosphoric acid groups is 1. The molecule has 146 valence electrons. The van der Waals surface area contributed by atoms with Crippen molar-refractivity contribution in [2.75, 3.05) is 12.4 Å². The average molecular weight is 454 g/mol. The maximum Gasteiger partial charge on any atom is 0.469 e. The van der Waals surface area contributed by atoms with Gasteiger partial charge in [0.1, 0.15) is 18.3 Å². The van der Waals surface area contributed by atoms with Gasteiger partial charge in [-0.15, -0.1) is 0 Å². The summed E-state index contributed by atoms with van der Waals surface area (Å²) in [5.41, 5.74) is -0.276. The first-order chi connectivity index (χ1) is 12.2. The van der Waals surface area contributed by atoms with Gasteiger partial charge in [0.05, 0.1) is 12.9 Å². The fourth-order valence-corrected chi connectivity index (χ4v) is 3.49. The van der Waals surface area contributed by atoms with Crippen LogP contribution in [0.5, 0.6) is 0 Å². The van der Waals surface area contributed by atoms with Crippen molar-refractivity contribution >= 4 is 89.9 Å². The number of nitrogens with one attached hydrogen (secondary N) is 1. The minimum absolute atomic E-state index is 0. The summed E-state index contributed by atoms with van der Waals surface area (Å²) in [4.78, 5) is 40.4. The van der Waals surface area contributed by atoms with Gasteiger partial charge >= 0.3 is 7.82 Å². The zero-order chi connectivity index (χ0) is 19.1. The van der Waals surface area contributed by atoms with Gasteiger partial charge in [0.2, 0.25) is 0 Å². The van der Waals surface area contributed by atoms with Crippen LogP contribution in [0.1, 0.15) is 13.2 Å². The molecule has 2 radical (unpaired) electrons. The molecule has 5 N–H and O–H groups in total. The number of aromatic nitrogens is 4. The average Bonchev–Trinajstić information content (AvgIpc) is 3.08. The Morgan fingerprint density at radius 1 is 1.36 bits per heavy atom. The van der Waals surface area contributed by atoms with Gasteiger partial charge in [-0.2, -0.15) is 0 Å². The first-order valence-electron chi connectivity index (χ1n) is 7.52. The summed E-state index contributed by atoms with van der Waals surface area (Å²) in [6.45, 7) is 1.26. The summed E-state index contributed by atoms with van der Waals surface area (Å²) in [7, 11) is -4.76. The van der Waals surface area contributed by atoms with E-state index in [9.17, 15) is 19.6 Å². The molecule has 0 aromatic carbocycles. The van der Waals surface area contributed by atoms with E-state index in [0.717, 1.165) is 0 Å². The maximum absolute atomic E-state index is 12.1. The second kappa shape index (κ2) is 10.8. The number of imidazole rings is 1. The molecule has 12 nitrogen and oxygen atoms in total. The third kappa shape index (κ3) is 5.89. The molecule has 1 aliphatic rings. The van der Waals surface area contributed by atoms with Crippen LogP contribution in [0.3, 0.4) is 0 Å². The van der Waals surface area contributed by atoms with Crippen LogP contribution in [0.2, 0.25) is 0 Å². The number of rotatable bonds is 6. The Bertz CT molecular complexity index is 907. The molecule has 1 aliphatic heterocycles. The predicted molar refractivity (Wildman–Crippen MR) is 100.0 cm³/mol. The zero-order valence-corrected chi connectivity index (χ0v) is 21.1. The van der Waals surface area contributed by atoms with Crippen LogP contribution in [0.15, 0.2) is 16.3 Å². The summed E-state index contributed by atoms with van der Waals surface area (Å²) in [6, 6.07) is 0. The summed E-state index contributed by atoms with van der Waals surface area (Å²) >= 11 is 1.30. The van der Waals surface area contributed by atoms with E-state index in [0.29, 0.717) is 10.9 Å². The van der Waals surface area contributed by atoms with Crippen LogP contribution in [-0.2, 0) is 13.8 Å². The number of ether oxygens (including phenoxy) is 1. The molecule has 2 aromatic heterocycles. The van der Waals surface area contributed by atoms with Crippen molar-refractivity contribution in [3.05, 3.63) is 16.7 Å². The van der Waals surface area contributed by atoms with E-state index in [-0.39, 0.29) is 70.3 Å². The van der Waals surface area contributed by atoms with E-state index in [2.05, 4.69) is 19.5 Å². The first kappa shape index (κ1) is 26.7. The van der Waals surface area contributed by atoms with Crippen LogP contribution >= 0.6 is 19.6 Å². The van der Waals surface area contributed by atoms with Crippen molar-refractivity contribution in [3.63, 3.8) is 0 Å². The molecule has 0 aliphatic carbocycles. The fraction of sp³-hybridized carbons (Fsp3) is 0.583. The molecule has 28 heavy (non-hydrogen) atoms. The Hall–Kier alpha value is 0.690. The number of aromatic amines is 1. The molecule has 0 amide bonds. The second-order valence-corrected chi connectivity index (χ2v) is 7.95. The molecular formula is C12H17N4Na2O8PS. The number of aliphatic hydroxyl groups is 2. The van der Waals surface area contributed by atoms with E-state index in [4.69, 9.17) is 14.5 Å². The molecule has 1 saturated heterocycles. The molecule has 0 bridgehead atoms. The minimum Gasteiger partial charge on any atom is -0.387 e. The van der Waals surface area contributed by atoms with Gasteiger partial charge in [-0.1, -0.05) is 18.7 Å². The standard InChI is InChI=1S/C12H17N4O8PS.2Na/c1-2-26-12-14-9-6(10(19)15-12)13-4-16(9)11-8(18)7(17)5(24-11)3-23-25(20,21)22;;/h4-5,7-8,11,17-18H,2-3H2,1H3,(H,14,15,19)(H2,20,21,22);;/t5-,7-,8-,11-;;/m1../s1. The summed E-state index contributed by atoms with van der Waals surface area (Å²) in [6.07, 6.45) is -4.02. The third-order valence-corrected chi connectivity index (χ3v) is 4.95. The Morgan fingerprint density at radius 3 is 2.64 bits per heavy atom. The Balaban J connectivity index is 0.00000196. The van der Waals surface area contributed by atoms with E-state index >= 15 is 0 Å². The van der Waals surface area contributed by atoms with Crippen LogP contribution in [-0.4, -0.2) is 129 Å². The molecular weight excluding hydrogens is 437 g/mol. The Labute approximate surface area is 207 Å². The van der Waals surface area contributed by atoms with Crippen molar-refractivity contribution < 1.29 is 33.8 Å². The number of nitrogens with zero attached hydrogens (tertiary/aromatic N) is 3. The van der Waals surface area contributed by atoms with E-state index in [1.165, 1.54) is 22.7 Å². The molecule has 3 heterocycles. The van der Waals surface area contributed by atoms with Crippen LogP contribution < -0.4 is 5.56 Å². The van der Waals surface area contributed by atoms with E-state index in [1.54, 1.807) is 0 Å². The quantitative estimate of drug-likeness (QED) is 0.144. The number of aliphatic hydroxyl groups excluding tert-OH is 2. The normalized spacial score (nSPS) is 24.8. The van der Waals surface area contributed by atoms with Gasteiger partial charge in [-0.25, -0.2) is 14.5 Å². The van der Waals surface area contributed by atoms with Crippen LogP contribution in [0.25, 0.3) is 11.2 Å². The third-order valence-electron chi connectivity index (χ3n) is 3.71. The second-order valence-electron chi connectivity index (χ2n) is 5.46. The fourth-order valence-electron chi connectivity index (χ4n) is 2.56.